The summed E-state index contributed by atoms with van der Waals surface area (Å²) in [6.07, 6.45) is 0. The second-order valence-electron chi connectivity index (χ2n) is 6.70. The second-order valence-corrected chi connectivity index (χ2v) is 6.70. The largest absolute Gasteiger partial charge is 0.443 e. The number of hydrogen-bond acceptors (Lipinski definition) is 2. The average molecular weight is 313 g/mol. The smallest absolute Gasteiger partial charge is 0.363 e. The van der Waals surface area contributed by atoms with E-state index in [-0.39, 0.29) is 0 Å². The molecule has 0 aliphatic carbocycles. The Balaban J connectivity index is 1.99. The van der Waals surface area contributed by atoms with Crippen LogP contribution in [0.5, 0.6) is 0 Å². The molecule has 2 nitrogen and oxygen atoms in total. The van der Waals surface area contributed by atoms with Crippen LogP contribution in [0.15, 0.2) is 60.7 Å². The van der Waals surface area contributed by atoms with Gasteiger partial charge in [0.1, 0.15) is 0 Å². The third kappa shape index (κ3) is 2.33. The van der Waals surface area contributed by atoms with Gasteiger partial charge in [0.2, 0.25) is 0 Å². The molecule has 1 N–H and O–H groups in total. The normalized spacial score (nSPS) is 12.8. The molecule has 0 saturated heterocycles. The van der Waals surface area contributed by atoms with E-state index in [0.29, 0.717) is 0 Å². The molecule has 24 heavy (non-hydrogen) atoms. The molecule has 0 radical (unpaired) electrons. The Kier molecular flexibility index (Phi) is 3.47. The molecule has 0 aromatic heterocycles. The lowest BCUT2D eigenvalue weighted by molar-refractivity contribution is 0.599. The molecule has 3 heteroatoms. The van der Waals surface area contributed by atoms with Gasteiger partial charge >= 0.3 is 6.92 Å². The van der Waals surface area contributed by atoms with Crippen LogP contribution in [-0.2, 0) is 0 Å². The summed E-state index contributed by atoms with van der Waals surface area (Å²) >= 11 is 0. The summed E-state index contributed by atoms with van der Waals surface area (Å²) in [6, 6.07) is 21.1. The number of nitrogens with zero attached hydrogens (tertiary/aromatic N) is 1. The summed E-state index contributed by atoms with van der Waals surface area (Å²) in [7, 11) is 0. The molecule has 1 aliphatic heterocycles. The van der Waals surface area contributed by atoms with Gasteiger partial charge in [-0.2, -0.15) is 0 Å². The summed E-state index contributed by atoms with van der Waals surface area (Å²) in [5.74, 6) is 0. The molecule has 1 heterocycles. The van der Waals surface area contributed by atoms with Crippen LogP contribution >= 0.6 is 0 Å². The first-order chi connectivity index (χ1) is 11.5. The molecular formula is C21H20BNO. The zero-order valence-electron chi connectivity index (χ0n) is 14.2. The van der Waals surface area contributed by atoms with Crippen LogP contribution in [0.2, 0.25) is 0 Å². The summed E-state index contributed by atoms with van der Waals surface area (Å²) < 4.78 is 0. The lowest BCUT2D eigenvalue weighted by Crippen LogP contribution is -2.50. The van der Waals surface area contributed by atoms with Gasteiger partial charge in [0, 0.05) is 17.1 Å². The van der Waals surface area contributed by atoms with Crippen molar-refractivity contribution in [3.8, 4) is 0 Å². The van der Waals surface area contributed by atoms with Crippen molar-refractivity contribution in [1.82, 2.24) is 0 Å². The predicted molar refractivity (Wildman–Crippen MR) is 103 cm³/mol. The molecule has 3 aromatic carbocycles. The van der Waals surface area contributed by atoms with E-state index in [1.807, 2.05) is 0 Å². The Bertz CT molecular complexity index is 864. The van der Waals surface area contributed by atoms with Gasteiger partial charge in [0.05, 0.1) is 0 Å². The Labute approximate surface area is 143 Å². The number of anilines is 3. The summed E-state index contributed by atoms with van der Waals surface area (Å²) in [6.45, 7) is 5.64. The van der Waals surface area contributed by atoms with Crippen LogP contribution in [-0.4, -0.2) is 11.9 Å². The van der Waals surface area contributed by atoms with E-state index in [1.165, 1.54) is 5.56 Å². The summed E-state index contributed by atoms with van der Waals surface area (Å²) in [5, 5.41) is 10.9. The van der Waals surface area contributed by atoms with Gasteiger partial charge in [-0.3, -0.25) is 0 Å². The number of fused-ring (bicyclic) bond motifs is 2. The van der Waals surface area contributed by atoms with Gasteiger partial charge in [0.25, 0.3) is 0 Å². The minimum atomic E-state index is -0.587. The maximum absolute atomic E-state index is 10.9. The molecule has 0 fully saturated rings. The maximum Gasteiger partial charge on any atom is 0.363 e. The van der Waals surface area contributed by atoms with E-state index in [4.69, 9.17) is 0 Å². The lowest BCUT2D eigenvalue weighted by atomic mass is 9.52. The quantitative estimate of drug-likeness (QED) is 0.695. The fraction of sp³-hybridized carbons (Fsp3) is 0.143. The van der Waals surface area contributed by atoms with Crippen LogP contribution in [0.4, 0.5) is 17.1 Å². The van der Waals surface area contributed by atoms with E-state index in [1.54, 1.807) is 0 Å². The number of aryl methyl sites for hydroxylation is 3. The van der Waals surface area contributed by atoms with Crippen LogP contribution in [0.25, 0.3) is 0 Å². The predicted octanol–water partition coefficient (Wildman–Crippen LogP) is 3.49. The van der Waals surface area contributed by atoms with Crippen molar-refractivity contribution in [3.05, 3.63) is 77.4 Å². The molecule has 0 unspecified atom stereocenters. The SMILES string of the molecule is Cc1ccc(N2c3ccc(C)cc3B(O)c3cc(C)ccc32)cc1. The van der Waals surface area contributed by atoms with Crippen LogP contribution in [0, 0.1) is 20.8 Å². The van der Waals surface area contributed by atoms with Crippen molar-refractivity contribution in [2.24, 2.45) is 0 Å². The van der Waals surface area contributed by atoms with Crippen molar-refractivity contribution in [2.45, 2.75) is 20.8 Å². The van der Waals surface area contributed by atoms with E-state index in [2.05, 4.69) is 86.3 Å². The molecule has 3 aromatic rings. The molecular weight excluding hydrogens is 293 g/mol. The first-order valence-corrected chi connectivity index (χ1v) is 8.30. The molecule has 0 spiro atoms. The molecule has 118 valence electrons. The fourth-order valence-electron chi connectivity index (χ4n) is 3.46. The lowest BCUT2D eigenvalue weighted by Gasteiger charge is -2.35. The third-order valence-electron chi connectivity index (χ3n) is 4.73. The zero-order valence-corrected chi connectivity index (χ0v) is 14.2. The molecule has 0 atom stereocenters. The molecule has 1 aliphatic rings. The van der Waals surface area contributed by atoms with Gasteiger partial charge in [0.15, 0.2) is 0 Å². The highest BCUT2D eigenvalue weighted by molar-refractivity contribution is 6.82. The maximum atomic E-state index is 10.9. The minimum absolute atomic E-state index is 0.587. The Hall–Kier alpha value is -2.52. The molecule has 0 saturated carbocycles. The number of hydrogen-bond donors (Lipinski definition) is 1. The fourth-order valence-corrected chi connectivity index (χ4v) is 3.46. The van der Waals surface area contributed by atoms with Crippen molar-refractivity contribution in [1.29, 1.82) is 0 Å². The summed E-state index contributed by atoms with van der Waals surface area (Å²) in [5.41, 5.74) is 8.70. The first-order valence-electron chi connectivity index (χ1n) is 8.30. The van der Waals surface area contributed by atoms with Gasteiger partial charge < -0.3 is 9.92 Å². The van der Waals surface area contributed by atoms with E-state index >= 15 is 0 Å². The van der Waals surface area contributed by atoms with Crippen LogP contribution < -0.4 is 15.8 Å². The molecule has 4 rings (SSSR count). The van der Waals surface area contributed by atoms with Gasteiger partial charge in [-0.25, -0.2) is 0 Å². The van der Waals surface area contributed by atoms with E-state index in [0.717, 1.165) is 39.1 Å². The molecule has 0 amide bonds. The topological polar surface area (TPSA) is 23.5 Å². The average Bonchev–Trinajstić information content (AvgIpc) is 2.57. The minimum Gasteiger partial charge on any atom is -0.443 e. The Morgan fingerprint density at radius 3 is 1.62 bits per heavy atom. The van der Waals surface area contributed by atoms with Crippen LogP contribution in [0.3, 0.4) is 0 Å². The number of rotatable bonds is 1. The van der Waals surface area contributed by atoms with E-state index < -0.39 is 6.92 Å². The standard InChI is InChI=1S/C21H20BNO/c1-14-4-8-17(9-5-14)23-20-10-6-15(2)12-18(20)22(24)19-13-16(3)7-11-21(19)23/h4-13,24H,1-3H3. The van der Waals surface area contributed by atoms with E-state index in [9.17, 15) is 5.02 Å². The Morgan fingerprint density at radius 2 is 1.12 bits per heavy atom. The first kappa shape index (κ1) is 15.0. The Morgan fingerprint density at radius 1 is 0.667 bits per heavy atom. The third-order valence-corrected chi connectivity index (χ3v) is 4.73. The van der Waals surface area contributed by atoms with Crippen molar-refractivity contribution in [2.75, 3.05) is 4.90 Å². The van der Waals surface area contributed by atoms with Gasteiger partial charge in [-0.15, -0.1) is 0 Å². The van der Waals surface area contributed by atoms with Crippen molar-refractivity contribution < 1.29 is 5.02 Å². The highest BCUT2D eigenvalue weighted by atomic mass is 16.2. The molecule has 0 bridgehead atoms. The zero-order chi connectivity index (χ0) is 16.8. The monoisotopic (exact) mass is 313 g/mol. The number of benzene rings is 3. The van der Waals surface area contributed by atoms with Crippen molar-refractivity contribution in [3.63, 3.8) is 0 Å². The highest BCUT2D eigenvalue weighted by Crippen LogP contribution is 2.35. The highest BCUT2D eigenvalue weighted by Gasteiger charge is 2.33. The van der Waals surface area contributed by atoms with Gasteiger partial charge in [-0.05, 0) is 56.0 Å². The summed E-state index contributed by atoms with van der Waals surface area (Å²) in [4.78, 5) is 2.25. The second kappa shape index (κ2) is 5.54. The van der Waals surface area contributed by atoms with Gasteiger partial charge in [-0.1, -0.05) is 53.1 Å². The van der Waals surface area contributed by atoms with Crippen molar-refractivity contribution >= 4 is 34.9 Å². The van der Waals surface area contributed by atoms with Crippen LogP contribution in [0.1, 0.15) is 16.7 Å².